The molecule has 2 saturated heterocycles. The van der Waals surface area contributed by atoms with Crippen molar-refractivity contribution in [3.63, 3.8) is 0 Å². The highest BCUT2D eigenvalue weighted by Gasteiger charge is 2.35. The third-order valence-electron chi connectivity index (χ3n) is 12.0. The number of halogens is 6. The molecule has 372 valence electrons. The molecule has 2 aliphatic rings. The second kappa shape index (κ2) is 19.5. The number of fused-ring (bicyclic) bond motifs is 2. The van der Waals surface area contributed by atoms with E-state index in [1.807, 2.05) is 45.6 Å². The van der Waals surface area contributed by atoms with Gasteiger partial charge in [0.25, 0.3) is 6.33 Å². The molecule has 2 fully saturated rings. The summed E-state index contributed by atoms with van der Waals surface area (Å²) in [6.45, 7) is -0.892. The van der Waals surface area contributed by atoms with Crippen LogP contribution in [0.3, 0.4) is 0 Å². The summed E-state index contributed by atoms with van der Waals surface area (Å²) >= 11 is 0. The molecule has 0 bridgehead atoms. The number of aromatic amines is 2. The Hall–Kier alpha value is -7.61. The fraction of sp³-hybridized carbons (Fsp3) is 0.213. The van der Waals surface area contributed by atoms with E-state index in [1.54, 1.807) is 54.7 Å². The third kappa shape index (κ3) is 9.86. The van der Waals surface area contributed by atoms with Crippen molar-refractivity contribution < 1.29 is 61.9 Å². The number of aromatic nitrogens is 7. The standard InChI is InChI=1S/C24H20F3N5O3S.C23H19F3N6O3S/c1-31-7-4-14(5-8-31)15-10-17-18(12-29-24(17)28-11-15)23(33)21-19(26)2-3-20(22(21)27)30-36(34,35)32-9-6-16(25)13-32;1-31-6-5-18(29-12-31)13-8-15-16(10-28-23(15)27-9-13)22(33)20-17(25)2-3-19(21(20)26)30-36(34,35)32-7-4-14(24)11-32/h2-5,7-8,10-12,16,30H,6,9,13H2,1H3;2-3,5-6,8-10,12,14,30H,4,7,11H2,1H3/p+2/t16-;14-/m11/s1. The Morgan fingerprint density at radius 3 is 1.53 bits per heavy atom. The fourth-order valence-corrected chi connectivity index (χ4v) is 10.7. The van der Waals surface area contributed by atoms with Gasteiger partial charge in [-0.1, -0.05) is 0 Å². The average Bonchev–Trinajstić information content (AvgIpc) is 4.19. The van der Waals surface area contributed by atoms with Gasteiger partial charge in [0, 0.05) is 102 Å². The number of nitrogens with zero attached hydrogens (tertiary/aromatic N) is 7. The second-order valence-electron chi connectivity index (χ2n) is 16.9. The lowest BCUT2D eigenvalue weighted by Crippen LogP contribution is -2.34. The second-order valence-corrected chi connectivity index (χ2v) is 20.3. The van der Waals surface area contributed by atoms with E-state index in [0.717, 1.165) is 38.4 Å². The molecule has 2 aliphatic heterocycles. The molecule has 17 nitrogen and oxygen atoms in total. The molecular weight excluding hydrogens is 993 g/mol. The van der Waals surface area contributed by atoms with Crippen molar-refractivity contribution in [2.24, 2.45) is 14.1 Å². The summed E-state index contributed by atoms with van der Waals surface area (Å²) < 4.78 is 146. The van der Waals surface area contributed by atoms with E-state index in [1.165, 1.54) is 12.4 Å². The van der Waals surface area contributed by atoms with E-state index in [4.69, 9.17) is 0 Å². The van der Waals surface area contributed by atoms with Crippen LogP contribution in [0.2, 0.25) is 0 Å². The summed E-state index contributed by atoms with van der Waals surface area (Å²) in [6.07, 6.45) is 10.2. The highest BCUT2D eigenvalue weighted by Crippen LogP contribution is 2.32. The zero-order chi connectivity index (χ0) is 51.2. The first-order chi connectivity index (χ1) is 34.3. The molecule has 0 aliphatic carbocycles. The molecular formula is C47H41F6N11O6S2+2. The number of rotatable bonds is 12. The van der Waals surface area contributed by atoms with E-state index in [9.17, 15) is 44.0 Å². The Bertz CT molecular complexity index is 3420. The molecule has 4 N–H and O–H groups in total. The first-order valence-corrected chi connectivity index (χ1v) is 24.8. The van der Waals surface area contributed by atoms with Gasteiger partial charge in [-0.15, -0.1) is 0 Å². The molecule has 8 heterocycles. The predicted octanol–water partition coefficient (Wildman–Crippen LogP) is 5.92. The molecule has 0 unspecified atom stereocenters. The maximum atomic E-state index is 15.3. The monoisotopic (exact) mass is 1030 g/mol. The number of benzene rings is 2. The zero-order valence-electron chi connectivity index (χ0n) is 37.9. The number of pyridine rings is 3. The van der Waals surface area contributed by atoms with Crippen LogP contribution in [0, 0.1) is 23.3 Å². The first-order valence-electron chi connectivity index (χ1n) is 21.9. The minimum absolute atomic E-state index is 0.0179. The van der Waals surface area contributed by atoms with Crippen LogP contribution in [0.5, 0.6) is 0 Å². The van der Waals surface area contributed by atoms with Gasteiger partial charge in [-0.25, -0.2) is 45.4 Å². The number of alkyl halides is 2. The van der Waals surface area contributed by atoms with Gasteiger partial charge in [0.05, 0.1) is 35.7 Å². The topological polar surface area (TPSA) is 211 Å². The maximum absolute atomic E-state index is 15.3. The smallest absolute Gasteiger partial charge is 0.301 e. The van der Waals surface area contributed by atoms with E-state index in [-0.39, 0.29) is 50.1 Å². The van der Waals surface area contributed by atoms with Gasteiger partial charge in [0.2, 0.25) is 11.6 Å². The Morgan fingerprint density at radius 2 is 1.08 bits per heavy atom. The number of nitrogens with one attached hydrogen (secondary N) is 4. The van der Waals surface area contributed by atoms with Crippen molar-refractivity contribution in [1.29, 1.82) is 0 Å². The van der Waals surface area contributed by atoms with Crippen LogP contribution < -0.4 is 18.6 Å². The van der Waals surface area contributed by atoms with Gasteiger partial charge in [-0.05, 0) is 59.8 Å². The van der Waals surface area contributed by atoms with E-state index < -0.39 is 90.1 Å². The third-order valence-corrected chi connectivity index (χ3v) is 15.0. The summed E-state index contributed by atoms with van der Waals surface area (Å²) in [5, 5.41) is 0.657. The highest BCUT2D eigenvalue weighted by atomic mass is 32.2. The Labute approximate surface area is 406 Å². The van der Waals surface area contributed by atoms with Gasteiger partial charge in [-0.2, -0.15) is 25.4 Å². The number of ketones is 2. The van der Waals surface area contributed by atoms with E-state index >= 15 is 8.78 Å². The van der Waals surface area contributed by atoms with Gasteiger partial charge < -0.3 is 9.97 Å². The predicted molar refractivity (Wildman–Crippen MR) is 250 cm³/mol. The number of anilines is 2. The van der Waals surface area contributed by atoms with Gasteiger partial charge in [0.1, 0.15) is 42.3 Å². The van der Waals surface area contributed by atoms with Crippen molar-refractivity contribution in [3.8, 4) is 22.4 Å². The lowest BCUT2D eigenvalue weighted by atomic mass is 10.00. The summed E-state index contributed by atoms with van der Waals surface area (Å²) in [7, 11) is -4.93. The minimum Gasteiger partial charge on any atom is -0.345 e. The van der Waals surface area contributed by atoms with Crippen molar-refractivity contribution in [1.82, 2.24) is 33.5 Å². The SMILES string of the molecule is C[n+]1ccc(-c2cnc3[nH]cc(C(=O)c4c(F)ccc(NS(=O)(=O)N5CC[C@@H](F)C5)c4F)c3c2)cc1.C[n+]1ccc(-c2cnc3[nH]cc(C(=O)c4c(F)ccc(NS(=O)(=O)N5CC[C@@H](F)C5)c4F)c3c2)nc1. The average molecular weight is 1030 g/mol. The Balaban J connectivity index is 0.000000178. The highest BCUT2D eigenvalue weighted by molar-refractivity contribution is 7.90. The minimum atomic E-state index is -4.31. The number of hydrogen-bond acceptors (Lipinski definition) is 9. The lowest BCUT2D eigenvalue weighted by molar-refractivity contribution is -0.674. The molecule has 0 amide bonds. The van der Waals surface area contributed by atoms with Gasteiger partial charge in [0.15, 0.2) is 29.7 Å². The quantitative estimate of drug-likeness (QED) is 0.0649. The number of hydrogen-bond donors (Lipinski definition) is 4. The van der Waals surface area contributed by atoms with Crippen LogP contribution in [-0.2, 0) is 34.5 Å². The summed E-state index contributed by atoms with van der Waals surface area (Å²) in [4.78, 5) is 45.1. The van der Waals surface area contributed by atoms with Gasteiger partial charge in [-0.3, -0.25) is 19.0 Å². The summed E-state index contributed by atoms with van der Waals surface area (Å²) in [5.41, 5.74) is 0.159. The lowest BCUT2D eigenvalue weighted by Gasteiger charge is -2.18. The Kier molecular flexibility index (Phi) is 13.4. The van der Waals surface area contributed by atoms with E-state index in [0.29, 0.717) is 38.9 Å². The number of carbonyl (C=O) groups excluding carboxylic acids is 2. The van der Waals surface area contributed by atoms with Crippen molar-refractivity contribution in [2.75, 3.05) is 35.6 Å². The summed E-state index contributed by atoms with van der Waals surface area (Å²) in [5.74, 6) is -7.06. The zero-order valence-corrected chi connectivity index (χ0v) is 39.5. The van der Waals surface area contributed by atoms with Crippen LogP contribution >= 0.6 is 0 Å². The largest absolute Gasteiger partial charge is 0.345 e. The molecule has 0 spiro atoms. The van der Waals surface area contributed by atoms with Crippen LogP contribution in [-0.4, -0.2) is 100 Å². The van der Waals surface area contributed by atoms with Crippen molar-refractivity contribution >= 4 is 65.4 Å². The summed E-state index contributed by atoms with van der Waals surface area (Å²) in [6, 6.07) is 12.1. The molecule has 25 heteroatoms. The molecule has 2 atom stereocenters. The van der Waals surface area contributed by atoms with Crippen molar-refractivity contribution in [3.05, 3.63) is 150 Å². The molecule has 72 heavy (non-hydrogen) atoms. The van der Waals surface area contributed by atoms with E-state index in [2.05, 4.69) is 24.9 Å². The van der Waals surface area contributed by atoms with Crippen molar-refractivity contribution in [2.45, 2.75) is 25.2 Å². The fourth-order valence-electron chi connectivity index (χ4n) is 8.13. The molecule has 6 aromatic heterocycles. The first kappa shape index (κ1) is 49.4. The molecule has 2 aromatic carbocycles. The molecule has 0 radical (unpaired) electrons. The Morgan fingerprint density at radius 1 is 0.625 bits per heavy atom. The normalized spacial score (nSPS) is 16.5. The molecule has 8 aromatic rings. The molecule has 0 saturated carbocycles. The number of carbonyl (C=O) groups is 2. The van der Waals surface area contributed by atoms with Gasteiger partial charge >= 0.3 is 20.4 Å². The molecule has 10 rings (SSSR count). The number of aryl methyl sites for hydroxylation is 2. The van der Waals surface area contributed by atoms with Crippen LogP contribution in [0.15, 0.2) is 104 Å². The maximum Gasteiger partial charge on any atom is 0.301 e. The van der Waals surface area contributed by atoms with Crippen LogP contribution in [0.1, 0.15) is 44.7 Å². The van der Waals surface area contributed by atoms with Crippen LogP contribution in [0.4, 0.5) is 37.7 Å². The van der Waals surface area contributed by atoms with Crippen LogP contribution in [0.25, 0.3) is 44.5 Å². The number of H-pyrrole nitrogens is 2.